The molecular weight excluding hydrogens is 388 g/mol. The van der Waals surface area contributed by atoms with Gasteiger partial charge in [0, 0.05) is 25.2 Å². The molecule has 0 aliphatic carbocycles. The fourth-order valence-electron chi connectivity index (χ4n) is 2.43. The average Bonchev–Trinajstić information content (AvgIpc) is 2.75. The normalized spacial score (nSPS) is 10.9. The Morgan fingerprint density at radius 3 is 1.57 bits per heavy atom. The largest absolute Gasteiger partial charge is 0.504 e. The van der Waals surface area contributed by atoms with Crippen LogP contribution in [0.1, 0.15) is 11.1 Å². The number of carbonyl (C=O) groups excluding carboxylic acids is 2. The number of ether oxygens (including phenoxy) is 2. The molecule has 30 heavy (non-hydrogen) atoms. The Bertz CT molecular complexity index is 875. The quantitative estimate of drug-likeness (QED) is 0.370. The first kappa shape index (κ1) is 22.4. The molecular formula is C22H24N2O6. The number of rotatable bonds is 9. The van der Waals surface area contributed by atoms with Crippen LogP contribution in [0, 0.1) is 0 Å². The molecule has 0 aliphatic heterocycles. The molecule has 0 saturated heterocycles. The predicted molar refractivity (Wildman–Crippen MR) is 113 cm³/mol. The highest BCUT2D eigenvalue weighted by Crippen LogP contribution is 2.27. The van der Waals surface area contributed by atoms with Crippen molar-refractivity contribution in [3.05, 3.63) is 59.7 Å². The van der Waals surface area contributed by atoms with Gasteiger partial charge in [-0.05, 0) is 47.5 Å². The number of aromatic hydroxyl groups is 2. The molecule has 2 aromatic rings. The fourth-order valence-corrected chi connectivity index (χ4v) is 2.43. The zero-order valence-electron chi connectivity index (χ0n) is 16.7. The summed E-state index contributed by atoms with van der Waals surface area (Å²) in [6.07, 6.45) is 5.88. The topological polar surface area (TPSA) is 117 Å². The fraction of sp³-hybridized carbons (Fsp3) is 0.182. The van der Waals surface area contributed by atoms with Gasteiger partial charge in [0.2, 0.25) is 11.8 Å². The number of benzene rings is 2. The summed E-state index contributed by atoms with van der Waals surface area (Å²) in [5.41, 5.74) is 1.40. The van der Waals surface area contributed by atoms with E-state index in [2.05, 4.69) is 10.6 Å². The molecule has 2 aromatic carbocycles. The molecule has 0 bridgehead atoms. The highest BCUT2D eigenvalue weighted by atomic mass is 16.5. The lowest BCUT2D eigenvalue weighted by atomic mass is 10.2. The lowest BCUT2D eigenvalue weighted by Crippen LogP contribution is -2.33. The standard InChI is InChI=1S/C22H24N2O6/c1-29-19-13-15(3-7-17(19)25)5-9-21(27)23-11-12-24-22(28)10-6-16-4-8-18(26)20(14-16)30-2/h3-10,13-14,25-26H,11-12H2,1-2H3,(H,23,27)(H,24,28)/b9-5+,10-6+. The van der Waals surface area contributed by atoms with Crippen LogP contribution in [-0.4, -0.2) is 49.3 Å². The van der Waals surface area contributed by atoms with Gasteiger partial charge in [0.1, 0.15) is 0 Å². The maximum Gasteiger partial charge on any atom is 0.244 e. The van der Waals surface area contributed by atoms with Gasteiger partial charge in [-0.25, -0.2) is 0 Å². The molecule has 0 fully saturated rings. The zero-order valence-corrected chi connectivity index (χ0v) is 16.7. The van der Waals surface area contributed by atoms with Crippen molar-refractivity contribution in [3.8, 4) is 23.0 Å². The average molecular weight is 412 g/mol. The van der Waals surface area contributed by atoms with Gasteiger partial charge in [-0.2, -0.15) is 0 Å². The summed E-state index contributed by atoms with van der Waals surface area (Å²) >= 11 is 0. The van der Waals surface area contributed by atoms with E-state index in [0.29, 0.717) is 22.6 Å². The van der Waals surface area contributed by atoms with E-state index in [9.17, 15) is 19.8 Å². The van der Waals surface area contributed by atoms with E-state index in [-0.39, 0.29) is 36.4 Å². The SMILES string of the molecule is COc1cc(/C=C/C(=O)NCCNC(=O)/C=C/c2ccc(O)c(OC)c2)ccc1O. The summed E-state index contributed by atoms with van der Waals surface area (Å²) in [4.78, 5) is 23.7. The second-order valence-corrected chi connectivity index (χ2v) is 6.11. The van der Waals surface area contributed by atoms with Gasteiger partial charge in [-0.15, -0.1) is 0 Å². The first-order valence-electron chi connectivity index (χ1n) is 9.08. The first-order chi connectivity index (χ1) is 14.4. The van der Waals surface area contributed by atoms with Crippen molar-refractivity contribution >= 4 is 24.0 Å². The van der Waals surface area contributed by atoms with Gasteiger partial charge in [0.25, 0.3) is 0 Å². The molecule has 4 N–H and O–H groups in total. The number of amides is 2. The van der Waals surface area contributed by atoms with Crippen molar-refractivity contribution < 1.29 is 29.3 Å². The molecule has 0 spiro atoms. The Hall–Kier alpha value is -3.94. The van der Waals surface area contributed by atoms with Crippen LogP contribution in [0.5, 0.6) is 23.0 Å². The Balaban J connectivity index is 1.73. The second kappa shape index (κ2) is 11.2. The van der Waals surface area contributed by atoms with Gasteiger partial charge >= 0.3 is 0 Å². The lowest BCUT2D eigenvalue weighted by Gasteiger charge is -2.05. The van der Waals surface area contributed by atoms with E-state index >= 15 is 0 Å². The first-order valence-corrected chi connectivity index (χ1v) is 9.08. The molecule has 8 heteroatoms. The summed E-state index contributed by atoms with van der Waals surface area (Å²) in [5, 5.41) is 24.4. The molecule has 0 heterocycles. The van der Waals surface area contributed by atoms with Crippen molar-refractivity contribution in [3.63, 3.8) is 0 Å². The Morgan fingerprint density at radius 1 is 0.800 bits per heavy atom. The van der Waals surface area contributed by atoms with Crippen LogP contribution in [0.2, 0.25) is 0 Å². The van der Waals surface area contributed by atoms with Crippen LogP contribution in [0.3, 0.4) is 0 Å². The minimum atomic E-state index is -0.317. The van der Waals surface area contributed by atoms with Gasteiger partial charge in [0.15, 0.2) is 23.0 Å². The molecule has 0 aromatic heterocycles. The van der Waals surface area contributed by atoms with Crippen LogP contribution in [-0.2, 0) is 9.59 Å². The molecule has 8 nitrogen and oxygen atoms in total. The number of methoxy groups -OCH3 is 2. The Kier molecular flexibility index (Phi) is 8.31. The van der Waals surface area contributed by atoms with E-state index in [1.165, 1.54) is 38.5 Å². The number of phenolic OH excluding ortho intramolecular Hbond substituents is 2. The van der Waals surface area contributed by atoms with E-state index in [1.807, 2.05) is 0 Å². The van der Waals surface area contributed by atoms with Gasteiger partial charge < -0.3 is 30.3 Å². The molecule has 0 aliphatic rings. The number of carbonyl (C=O) groups is 2. The van der Waals surface area contributed by atoms with E-state index < -0.39 is 0 Å². The molecule has 2 amide bonds. The van der Waals surface area contributed by atoms with Crippen LogP contribution >= 0.6 is 0 Å². The summed E-state index contributed by atoms with van der Waals surface area (Å²) in [5.74, 6) is 0.0473. The summed E-state index contributed by atoms with van der Waals surface area (Å²) < 4.78 is 10.0. The summed E-state index contributed by atoms with van der Waals surface area (Å²) in [6, 6.07) is 9.47. The number of phenols is 2. The maximum atomic E-state index is 11.8. The van der Waals surface area contributed by atoms with Crippen LogP contribution < -0.4 is 20.1 Å². The maximum absolute atomic E-state index is 11.8. The van der Waals surface area contributed by atoms with E-state index in [0.717, 1.165) is 0 Å². The van der Waals surface area contributed by atoms with Gasteiger partial charge in [-0.1, -0.05) is 12.1 Å². The molecule has 2 rings (SSSR count). The van der Waals surface area contributed by atoms with Crippen molar-refractivity contribution in [2.45, 2.75) is 0 Å². The van der Waals surface area contributed by atoms with Gasteiger partial charge in [0.05, 0.1) is 14.2 Å². The minimum Gasteiger partial charge on any atom is -0.504 e. The molecule has 0 radical (unpaired) electrons. The molecule has 158 valence electrons. The number of nitrogens with one attached hydrogen (secondary N) is 2. The lowest BCUT2D eigenvalue weighted by molar-refractivity contribution is -0.118. The van der Waals surface area contributed by atoms with Crippen molar-refractivity contribution in [2.75, 3.05) is 27.3 Å². The molecule has 0 atom stereocenters. The smallest absolute Gasteiger partial charge is 0.244 e. The highest BCUT2D eigenvalue weighted by Gasteiger charge is 2.03. The predicted octanol–water partition coefficient (Wildman–Crippen LogP) is 2.07. The third-order valence-electron chi connectivity index (χ3n) is 3.99. The Morgan fingerprint density at radius 2 is 1.20 bits per heavy atom. The number of hydrogen-bond acceptors (Lipinski definition) is 6. The van der Waals surface area contributed by atoms with Crippen LogP contribution in [0.15, 0.2) is 48.6 Å². The van der Waals surface area contributed by atoms with E-state index in [4.69, 9.17) is 9.47 Å². The Labute approximate surface area is 174 Å². The number of hydrogen-bond donors (Lipinski definition) is 4. The van der Waals surface area contributed by atoms with Crippen molar-refractivity contribution in [1.82, 2.24) is 10.6 Å². The van der Waals surface area contributed by atoms with Crippen molar-refractivity contribution in [1.29, 1.82) is 0 Å². The second-order valence-electron chi connectivity index (χ2n) is 6.11. The molecule has 0 unspecified atom stereocenters. The minimum absolute atomic E-state index is 0.0217. The van der Waals surface area contributed by atoms with Crippen molar-refractivity contribution in [2.24, 2.45) is 0 Å². The van der Waals surface area contributed by atoms with Crippen LogP contribution in [0.25, 0.3) is 12.2 Å². The monoisotopic (exact) mass is 412 g/mol. The van der Waals surface area contributed by atoms with Crippen LogP contribution in [0.4, 0.5) is 0 Å². The third-order valence-corrected chi connectivity index (χ3v) is 3.99. The zero-order chi connectivity index (χ0) is 21.9. The third kappa shape index (κ3) is 6.90. The van der Waals surface area contributed by atoms with Gasteiger partial charge in [-0.3, -0.25) is 9.59 Å². The summed E-state index contributed by atoms with van der Waals surface area (Å²) in [6.45, 7) is 0.517. The molecule has 0 saturated carbocycles. The van der Waals surface area contributed by atoms with E-state index in [1.54, 1.807) is 36.4 Å². The highest BCUT2D eigenvalue weighted by molar-refractivity contribution is 5.92. The summed E-state index contributed by atoms with van der Waals surface area (Å²) in [7, 11) is 2.89.